The zero-order valence-corrected chi connectivity index (χ0v) is 39.2. The monoisotopic (exact) mass is 952 g/mol. The summed E-state index contributed by atoms with van der Waals surface area (Å²) in [5, 5.41) is 118. The van der Waals surface area contributed by atoms with Gasteiger partial charge in [-0.1, -0.05) is 128 Å². The van der Waals surface area contributed by atoms with Crippen LogP contribution in [-0.4, -0.2) is 193 Å². The van der Waals surface area contributed by atoms with Crippen LogP contribution >= 0.6 is 0 Å². The van der Waals surface area contributed by atoms with Crippen molar-refractivity contribution in [2.45, 2.75) is 240 Å². The second-order valence-electron chi connectivity index (χ2n) is 18.0. The van der Waals surface area contributed by atoms with E-state index in [0.717, 1.165) is 19.3 Å². The smallest absolute Gasteiger partial charge is 0.217 e. The fourth-order valence-electron chi connectivity index (χ4n) is 8.47. The first-order valence-electron chi connectivity index (χ1n) is 24.5. The molecule has 3 saturated heterocycles. The van der Waals surface area contributed by atoms with Gasteiger partial charge in [0.25, 0.3) is 0 Å². The van der Waals surface area contributed by atoms with E-state index in [-0.39, 0.29) is 6.61 Å². The van der Waals surface area contributed by atoms with E-state index in [1.807, 2.05) is 0 Å². The lowest BCUT2D eigenvalue weighted by Gasteiger charge is -2.48. The molecule has 1 amide bonds. The lowest BCUT2D eigenvalue weighted by Crippen LogP contribution is -2.66. The van der Waals surface area contributed by atoms with Crippen LogP contribution in [0.25, 0.3) is 0 Å². The van der Waals surface area contributed by atoms with Gasteiger partial charge >= 0.3 is 0 Å². The Morgan fingerprint density at radius 2 is 0.939 bits per heavy atom. The molecule has 0 radical (unpaired) electrons. The molecular weight excluding hydrogens is 867 g/mol. The average Bonchev–Trinajstić information content (AvgIpc) is 3.30. The van der Waals surface area contributed by atoms with Gasteiger partial charge in [-0.05, 0) is 25.7 Å². The second-order valence-corrected chi connectivity index (χ2v) is 18.0. The fourth-order valence-corrected chi connectivity index (χ4v) is 8.47. The number of aliphatic hydroxyl groups is 11. The summed E-state index contributed by atoms with van der Waals surface area (Å²) in [7, 11) is 0. The normalized spacial score (nSPS) is 34.0. The number of aliphatic hydroxyl groups excluding tert-OH is 11. The molecule has 3 fully saturated rings. The van der Waals surface area contributed by atoms with Crippen molar-refractivity contribution in [1.29, 1.82) is 0 Å². The van der Waals surface area contributed by atoms with Crippen LogP contribution in [0.5, 0.6) is 0 Å². The highest BCUT2D eigenvalue weighted by Crippen LogP contribution is 2.33. The first-order chi connectivity index (χ1) is 31.8. The molecular formula is C47H85NO18. The maximum atomic E-state index is 12.0. The number of unbranched alkanes of at least 4 members (excludes halogenated alkanes) is 17. The summed E-state index contributed by atoms with van der Waals surface area (Å²) in [6.07, 6.45) is 4.66. The van der Waals surface area contributed by atoms with Crippen LogP contribution < -0.4 is 5.32 Å². The number of nitrogens with one attached hydrogen (secondary N) is 1. The number of rotatable bonds is 33. The molecule has 386 valence electrons. The molecule has 3 heterocycles. The quantitative estimate of drug-likeness (QED) is 0.0321. The molecule has 0 bridgehead atoms. The Morgan fingerprint density at radius 1 is 0.530 bits per heavy atom. The maximum absolute atomic E-state index is 12.0. The summed E-state index contributed by atoms with van der Waals surface area (Å²) < 4.78 is 33.6. The Kier molecular flexibility index (Phi) is 29.3. The second kappa shape index (κ2) is 33.0. The van der Waals surface area contributed by atoms with Gasteiger partial charge in [-0.15, -0.1) is 0 Å². The van der Waals surface area contributed by atoms with E-state index >= 15 is 0 Å². The minimum absolute atomic E-state index is 0.382. The van der Waals surface area contributed by atoms with Gasteiger partial charge in [0.2, 0.25) is 5.91 Å². The van der Waals surface area contributed by atoms with Crippen molar-refractivity contribution < 1.29 is 89.4 Å². The number of ether oxygens (including phenoxy) is 6. The molecule has 12 N–H and O–H groups in total. The molecule has 0 aliphatic carbocycles. The number of hydrogen-bond acceptors (Lipinski definition) is 18. The van der Waals surface area contributed by atoms with Crippen molar-refractivity contribution >= 4 is 5.91 Å². The van der Waals surface area contributed by atoms with Crippen molar-refractivity contribution in [3.8, 4) is 0 Å². The molecule has 3 rings (SSSR count). The van der Waals surface area contributed by atoms with Crippen molar-refractivity contribution in [3.05, 3.63) is 24.3 Å². The molecule has 0 saturated carbocycles. The fraction of sp³-hybridized carbons (Fsp3) is 0.894. The van der Waals surface area contributed by atoms with E-state index < -0.39 is 130 Å². The molecule has 17 atom stereocenters. The molecule has 0 aromatic heterocycles. The van der Waals surface area contributed by atoms with Crippen molar-refractivity contribution in [2.75, 3.05) is 26.4 Å². The van der Waals surface area contributed by atoms with Crippen molar-refractivity contribution in [3.63, 3.8) is 0 Å². The molecule has 0 aromatic rings. The lowest BCUT2D eigenvalue weighted by molar-refractivity contribution is -0.379. The third kappa shape index (κ3) is 19.6. The maximum Gasteiger partial charge on any atom is 0.217 e. The summed E-state index contributed by atoms with van der Waals surface area (Å²) >= 11 is 0. The van der Waals surface area contributed by atoms with Crippen LogP contribution in [0, 0.1) is 0 Å². The molecule has 3 aliphatic heterocycles. The van der Waals surface area contributed by atoms with Gasteiger partial charge < -0.3 is 89.9 Å². The van der Waals surface area contributed by atoms with E-state index in [2.05, 4.69) is 24.4 Å². The van der Waals surface area contributed by atoms with Gasteiger partial charge in [0.1, 0.15) is 73.2 Å². The van der Waals surface area contributed by atoms with Crippen molar-refractivity contribution in [1.82, 2.24) is 5.32 Å². The molecule has 19 nitrogen and oxygen atoms in total. The zero-order chi connectivity index (χ0) is 48.4. The molecule has 0 aromatic carbocycles. The van der Waals surface area contributed by atoms with Gasteiger partial charge in [0.15, 0.2) is 18.9 Å². The van der Waals surface area contributed by atoms with E-state index in [4.69, 9.17) is 28.4 Å². The summed E-state index contributed by atoms with van der Waals surface area (Å²) in [5.74, 6) is -0.463. The number of carbonyl (C=O) groups is 1. The van der Waals surface area contributed by atoms with Gasteiger partial charge in [-0.2, -0.15) is 0 Å². The van der Waals surface area contributed by atoms with E-state index in [0.29, 0.717) is 6.42 Å². The number of amides is 1. The summed E-state index contributed by atoms with van der Waals surface area (Å²) in [6, 6.07) is -0.987. The Balaban J connectivity index is 1.38. The standard InChI is InChI=1S/C47H85NO18/c1-3-4-5-6-7-8-9-10-11-12-13-14-15-16-17-18-19-20-21-22-23-24-25-32(53)31(48-30(2)52)29-61-45-41(59)38(56)43(34(27-50)63-45)66-47-42(60)39(57)44(35(28-51)64-47)65-46-40(58)37(55)36(54)33(26-49)62-46/h20-21,24-25,31-47,49-51,53-60H,3-19,22-23,26-29H2,1-2H3,(H,48,52)/b21-20+,25-24+. The molecule has 3 aliphatic rings. The predicted molar refractivity (Wildman–Crippen MR) is 240 cm³/mol. The third-order valence-electron chi connectivity index (χ3n) is 12.5. The van der Waals surface area contributed by atoms with Crippen LogP contribution in [0.3, 0.4) is 0 Å². The predicted octanol–water partition coefficient (Wildman–Crippen LogP) is 0.861. The minimum atomic E-state index is -1.97. The van der Waals surface area contributed by atoms with Crippen LogP contribution in [-0.2, 0) is 33.2 Å². The zero-order valence-electron chi connectivity index (χ0n) is 39.2. The highest BCUT2D eigenvalue weighted by Gasteiger charge is 2.53. The molecule has 66 heavy (non-hydrogen) atoms. The van der Waals surface area contributed by atoms with Gasteiger partial charge in [0, 0.05) is 6.92 Å². The summed E-state index contributed by atoms with van der Waals surface area (Å²) in [6.45, 7) is 0.712. The van der Waals surface area contributed by atoms with Crippen LogP contribution in [0.15, 0.2) is 24.3 Å². The lowest BCUT2D eigenvalue weighted by atomic mass is 9.96. The number of carbonyl (C=O) groups excluding carboxylic acids is 1. The SMILES string of the molecule is CCCCCCCCCCCCCCCCCC/C=C/CC/C=C/C(O)C(COC1OC(CO)C(OC2OC(CO)C(OC3OC(CO)C(O)C(O)C3O)C(O)C2O)C(O)C1O)NC(C)=O. The van der Waals surface area contributed by atoms with Crippen LogP contribution in [0.1, 0.15) is 136 Å². The summed E-state index contributed by atoms with van der Waals surface area (Å²) in [4.78, 5) is 12.0. The number of hydrogen-bond donors (Lipinski definition) is 12. The van der Waals surface area contributed by atoms with Crippen LogP contribution in [0.4, 0.5) is 0 Å². The first-order valence-corrected chi connectivity index (χ1v) is 24.5. The molecule has 17 unspecified atom stereocenters. The Morgan fingerprint density at radius 3 is 1.42 bits per heavy atom. The topological polar surface area (TPSA) is 307 Å². The van der Waals surface area contributed by atoms with E-state index in [9.17, 15) is 61.0 Å². The largest absolute Gasteiger partial charge is 0.394 e. The Labute approximate surface area is 390 Å². The van der Waals surface area contributed by atoms with Crippen molar-refractivity contribution in [2.24, 2.45) is 0 Å². The van der Waals surface area contributed by atoms with Gasteiger partial charge in [-0.25, -0.2) is 0 Å². The first kappa shape index (κ1) is 58.6. The highest BCUT2D eigenvalue weighted by molar-refractivity contribution is 5.73. The Bertz CT molecular complexity index is 1330. The van der Waals surface area contributed by atoms with Gasteiger partial charge in [0.05, 0.1) is 38.6 Å². The third-order valence-corrected chi connectivity index (χ3v) is 12.5. The van der Waals surface area contributed by atoms with E-state index in [1.165, 1.54) is 109 Å². The average molecular weight is 952 g/mol. The highest BCUT2D eigenvalue weighted by atomic mass is 16.8. The minimum Gasteiger partial charge on any atom is -0.394 e. The summed E-state index contributed by atoms with van der Waals surface area (Å²) in [5.41, 5.74) is 0. The van der Waals surface area contributed by atoms with Gasteiger partial charge in [-0.3, -0.25) is 4.79 Å². The number of allylic oxidation sites excluding steroid dienone is 3. The molecule has 19 heteroatoms. The Hall–Kier alpha value is -1.73. The molecule has 0 spiro atoms. The van der Waals surface area contributed by atoms with Crippen LogP contribution in [0.2, 0.25) is 0 Å². The van der Waals surface area contributed by atoms with E-state index in [1.54, 1.807) is 6.08 Å².